The van der Waals surface area contributed by atoms with Gasteiger partial charge in [0, 0.05) is 18.3 Å². The van der Waals surface area contributed by atoms with Crippen molar-refractivity contribution in [3.8, 4) is 0 Å². The summed E-state index contributed by atoms with van der Waals surface area (Å²) < 4.78 is 4.63. The first kappa shape index (κ1) is 12.8. The van der Waals surface area contributed by atoms with Crippen molar-refractivity contribution in [1.29, 1.82) is 0 Å². The van der Waals surface area contributed by atoms with Crippen LogP contribution in [-0.2, 0) is 4.74 Å². The largest absolute Gasteiger partial charge is 0.463 e. The van der Waals surface area contributed by atoms with Gasteiger partial charge in [0.2, 0.25) is 5.82 Å². The maximum atomic E-state index is 11.4. The van der Waals surface area contributed by atoms with E-state index in [4.69, 9.17) is 0 Å². The molecule has 1 fully saturated rings. The molecule has 0 atom stereocenters. The smallest absolute Gasteiger partial charge is 0.376 e. The highest BCUT2D eigenvalue weighted by Gasteiger charge is 2.40. The average Bonchev–Trinajstić information content (AvgIpc) is 3.15. The first-order valence-electron chi connectivity index (χ1n) is 6.26. The summed E-state index contributed by atoms with van der Waals surface area (Å²) in [5, 5.41) is 3.30. The van der Waals surface area contributed by atoms with Gasteiger partial charge in [-0.3, -0.25) is 0 Å². The van der Waals surface area contributed by atoms with Gasteiger partial charge in [-0.1, -0.05) is 6.92 Å². The predicted octanol–water partition coefficient (Wildman–Crippen LogP) is 2.17. The van der Waals surface area contributed by atoms with Crippen LogP contribution in [0.15, 0.2) is 6.07 Å². The minimum atomic E-state index is -0.502. The van der Waals surface area contributed by atoms with Crippen molar-refractivity contribution >= 4 is 11.8 Å². The van der Waals surface area contributed by atoms with Gasteiger partial charge in [0.1, 0.15) is 5.82 Å². The monoisotopic (exact) mass is 249 g/mol. The van der Waals surface area contributed by atoms with E-state index >= 15 is 0 Å². The van der Waals surface area contributed by atoms with Gasteiger partial charge in [-0.05, 0) is 31.6 Å². The third-order valence-electron chi connectivity index (χ3n) is 3.57. The van der Waals surface area contributed by atoms with Crippen molar-refractivity contribution in [2.24, 2.45) is 5.41 Å². The van der Waals surface area contributed by atoms with Crippen LogP contribution in [0.3, 0.4) is 0 Å². The van der Waals surface area contributed by atoms with Crippen molar-refractivity contribution in [1.82, 2.24) is 9.97 Å². The van der Waals surface area contributed by atoms with E-state index in [1.165, 1.54) is 26.4 Å². The number of methoxy groups -OCH3 is 1. The molecule has 0 unspecified atom stereocenters. The molecule has 0 bridgehead atoms. The highest BCUT2D eigenvalue weighted by molar-refractivity contribution is 5.85. The van der Waals surface area contributed by atoms with Crippen LogP contribution < -0.4 is 5.32 Å². The first-order valence-corrected chi connectivity index (χ1v) is 6.26. The molecule has 5 nitrogen and oxygen atoms in total. The number of nitrogens with zero attached hydrogens (tertiary/aromatic N) is 2. The second kappa shape index (κ2) is 4.92. The normalized spacial score (nSPS) is 16.2. The number of nitrogens with one attached hydrogen (secondary N) is 1. The molecule has 0 amide bonds. The Morgan fingerprint density at radius 3 is 2.78 bits per heavy atom. The number of hydrogen-bond donors (Lipinski definition) is 1. The molecule has 1 aliphatic rings. The molecule has 1 aromatic rings. The van der Waals surface area contributed by atoms with E-state index in [-0.39, 0.29) is 5.82 Å². The van der Waals surface area contributed by atoms with E-state index in [2.05, 4.69) is 26.9 Å². The molecule has 1 N–H and O–H groups in total. The number of rotatable bonds is 5. The zero-order valence-corrected chi connectivity index (χ0v) is 11.1. The molecule has 0 aliphatic heterocycles. The lowest BCUT2D eigenvalue weighted by Gasteiger charge is -2.14. The van der Waals surface area contributed by atoms with E-state index in [1.807, 2.05) is 13.0 Å². The summed E-state index contributed by atoms with van der Waals surface area (Å²) in [5.41, 5.74) is 1.19. The molecule has 1 heterocycles. The van der Waals surface area contributed by atoms with E-state index in [0.717, 1.165) is 12.2 Å². The van der Waals surface area contributed by atoms with Gasteiger partial charge in [-0.15, -0.1) is 0 Å². The van der Waals surface area contributed by atoms with Crippen LogP contribution >= 0.6 is 0 Å². The number of ether oxygens (including phenoxy) is 1. The molecule has 1 saturated carbocycles. The summed E-state index contributed by atoms with van der Waals surface area (Å²) in [6.07, 6.45) is 3.71. The number of hydrogen-bond acceptors (Lipinski definition) is 5. The van der Waals surface area contributed by atoms with Crippen molar-refractivity contribution in [2.75, 3.05) is 19.0 Å². The summed E-state index contributed by atoms with van der Waals surface area (Å²) >= 11 is 0. The van der Waals surface area contributed by atoms with Crippen molar-refractivity contribution in [3.63, 3.8) is 0 Å². The molecule has 0 aromatic carbocycles. The molecule has 98 valence electrons. The van der Waals surface area contributed by atoms with Gasteiger partial charge in [0.05, 0.1) is 7.11 Å². The van der Waals surface area contributed by atoms with E-state index in [9.17, 15) is 4.79 Å². The fourth-order valence-electron chi connectivity index (χ4n) is 1.95. The first-order chi connectivity index (χ1) is 8.58. The summed E-state index contributed by atoms with van der Waals surface area (Å²) in [6.45, 7) is 4.95. The number of aryl methyl sites for hydroxylation is 1. The maximum Gasteiger partial charge on any atom is 0.376 e. The fourth-order valence-corrected chi connectivity index (χ4v) is 1.95. The lowest BCUT2D eigenvalue weighted by Crippen LogP contribution is -2.17. The van der Waals surface area contributed by atoms with Crippen LogP contribution in [0.5, 0.6) is 0 Å². The Hall–Kier alpha value is -1.65. The molecule has 0 radical (unpaired) electrons. The maximum absolute atomic E-state index is 11.4. The second-order valence-corrected chi connectivity index (χ2v) is 4.92. The molecule has 18 heavy (non-hydrogen) atoms. The zero-order chi connectivity index (χ0) is 13.2. The van der Waals surface area contributed by atoms with E-state index in [1.54, 1.807) is 0 Å². The lowest BCUT2D eigenvalue weighted by molar-refractivity contribution is 0.0586. The lowest BCUT2D eigenvalue weighted by atomic mass is 10.0. The standard InChI is InChI=1S/C13H19N3O2/c1-4-13(5-6-13)8-14-10-7-9(2)15-11(16-10)12(17)18-3/h7H,4-6,8H2,1-3H3,(H,14,15,16). The molecule has 0 spiro atoms. The molecule has 2 rings (SSSR count). The number of esters is 1. The van der Waals surface area contributed by atoms with E-state index in [0.29, 0.717) is 11.2 Å². The molecular weight excluding hydrogens is 230 g/mol. The number of aromatic nitrogens is 2. The fraction of sp³-hybridized carbons (Fsp3) is 0.615. The Balaban J connectivity index is 2.08. The van der Waals surface area contributed by atoms with Crippen LogP contribution in [-0.4, -0.2) is 29.6 Å². The molecule has 5 heteroatoms. The second-order valence-electron chi connectivity index (χ2n) is 4.92. The SMILES string of the molecule is CCC1(CNc2cc(C)nc(C(=O)OC)n2)CC1. The Labute approximate surface area is 107 Å². The minimum absolute atomic E-state index is 0.112. The van der Waals surface area contributed by atoms with Gasteiger partial charge < -0.3 is 10.1 Å². The Morgan fingerprint density at radius 2 is 2.22 bits per heavy atom. The van der Waals surface area contributed by atoms with Crippen LogP contribution in [0.2, 0.25) is 0 Å². The third-order valence-corrected chi connectivity index (χ3v) is 3.57. The van der Waals surface area contributed by atoms with Gasteiger partial charge in [0.15, 0.2) is 0 Å². The number of carbonyl (C=O) groups excluding carboxylic acids is 1. The Morgan fingerprint density at radius 1 is 1.50 bits per heavy atom. The summed E-state index contributed by atoms with van der Waals surface area (Å²) in [7, 11) is 1.33. The topological polar surface area (TPSA) is 64.1 Å². The summed E-state index contributed by atoms with van der Waals surface area (Å²) in [4.78, 5) is 19.6. The third kappa shape index (κ3) is 2.78. The number of anilines is 1. The zero-order valence-electron chi connectivity index (χ0n) is 11.1. The van der Waals surface area contributed by atoms with Crippen LogP contribution in [0.4, 0.5) is 5.82 Å². The minimum Gasteiger partial charge on any atom is -0.463 e. The molecular formula is C13H19N3O2. The highest BCUT2D eigenvalue weighted by atomic mass is 16.5. The predicted molar refractivity (Wildman–Crippen MR) is 68.6 cm³/mol. The number of carbonyl (C=O) groups is 1. The van der Waals surface area contributed by atoms with Gasteiger partial charge in [-0.25, -0.2) is 14.8 Å². The van der Waals surface area contributed by atoms with Crippen LogP contribution in [0, 0.1) is 12.3 Å². The molecule has 1 aromatic heterocycles. The van der Waals surface area contributed by atoms with Crippen LogP contribution in [0.1, 0.15) is 42.5 Å². The molecule has 0 saturated heterocycles. The van der Waals surface area contributed by atoms with Gasteiger partial charge >= 0.3 is 5.97 Å². The van der Waals surface area contributed by atoms with Crippen molar-refractivity contribution < 1.29 is 9.53 Å². The average molecular weight is 249 g/mol. The van der Waals surface area contributed by atoms with Crippen molar-refractivity contribution in [2.45, 2.75) is 33.1 Å². The van der Waals surface area contributed by atoms with Gasteiger partial charge in [-0.2, -0.15) is 0 Å². The highest BCUT2D eigenvalue weighted by Crippen LogP contribution is 2.48. The van der Waals surface area contributed by atoms with Gasteiger partial charge in [0.25, 0.3) is 0 Å². The molecule has 1 aliphatic carbocycles. The van der Waals surface area contributed by atoms with Crippen LogP contribution in [0.25, 0.3) is 0 Å². The van der Waals surface area contributed by atoms with E-state index < -0.39 is 5.97 Å². The quantitative estimate of drug-likeness (QED) is 0.810. The summed E-state index contributed by atoms with van der Waals surface area (Å²) in [6, 6.07) is 1.85. The Kier molecular flexibility index (Phi) is 3.50. The Bertz CT molecular complexity index is 456. The summed E-state index contributed by atoms with van der Waals surface area (Å²) in [5.74, 6) is 0.308. The van der Waals surface area contributed by atoms with Crippen molar-refractivity contribution in [3.05, 3.63) is 17.6 Å².